The number of nitrogens with two attached hydrogens (primary N) is 2. The molecular formula is CH6N3NiO3. The fraction of sp³-hybridized carbons (Fsp3) is 0. The molecule has 0 aromatic carbocycles. The molecule has 7 heteroatoms. The molecule has 0 aliphatic rings. The summed E-state index contributed by atoms with van der Waals surface area (Å²) in [6.07, 6.45) is 0. The predicted octanol–water partition coefficient (Wildman–Crippen LogP) is 0.212. The van der Waals surface area contributed by atoms with E-state index in [0.717, 1.165) is 0 Å². The van der Waals surface area contributed by atoms with Crippen LogP contribution in [0.5, 0.6) is 0 Å². The summed E-state index contributed by atoms with van der Waals surface area (Å²) in [6.45, 7) is 0. The summed E-state index contributed by atoms with van der Waals surface area (Å²) in [5.74, 6) is 0. The molecule has 53 valence electrons. The predicted molar refractivity (Wildman–Crippen MR) is 25.2 cm³/mol. The van der Waals surface area contributed by atoms with Crippen molar-refractivity contribution in [3.63, 3.8) is 0 Å². The molecule has 0 fully saturated rings. The normalized spacial score (nSPS) is 3.75. The van der Waals surface area contributed by atoms with Gasteiger partial charge in [0, 0.05) is 0 Å². The topological polar surface area (TPSA) is 126 Å². The molecule has 0 unspecified atom stereocenters. The fourth-order valence-electron chi connectivity index (χ4n) is 0. The minimum Gasteiger partial charge on any atom is -0.693 e. The first-order valence-corrected chi connectivity index (χ1v) is 0.956. The molecule has 0 aliphatic heterocycles. The number of hydrogen-bond acceptors (Lipinski definition) is 4. The number of nitrogens with zero attached hydrogens (tertiary/aromatic N) is 1. The summed E-state index contributed by atoms with van der Waals surface area (Å²) < 4.78 is 0. The summed E-state index contributed by atoms with van der Waals surface area (Å²) in [4.78, 5) is 8.25. The van der Waals surface area contributed by atoms with Crippen LogP contribution in [0.2, 0.25) is 0 Å². The van der Waals surface area contributed by atoms with Crippen LogP contribution in [0, 0.1) is 22.4 Å². The summed E-state index contributed by atoms with van der Waals surface area (Å²) >= 11 is 0. The van der Waals surface area contributed by atoms with Crippen LogP contribution in [0.25, 0.3) is 6.15 Å². The van der Waals surface area contributed by atoms with Gasteiger partial charge in [-0.1, -0.05) is 0 Å². The van der Waals surface area contributed by atoms with Crippen molar-refractivity contribution in [2.75, 3.05) is 0 Å². The van der Waals surface area contributed by atoms with Gasteiger partial charge in [0.25, 0.3) is 0 Å². The molecule has 0 aliphatic carbocycles. The third-order valence-corrected chi connectivity index (χ3v) is 0. The van der Waals surface area contributed by atoms with Crippen molar-refractivity contribution in [1.82, 2.24) is 0 Å². The molecule has 0 rings (SSSR count). The van der Waals surface area contributed by atoms with E-state index in [-0.39, 0.29) is 22.6 Å². The number of rotatable bonds is 0. The van der Waals surface area contributed by atoms with E-state index in [2.05, 4.69) is 12.8 Å². The van der Waals surface area contributed by atoms with Crippen molar-refractivity contribution in [2.45, 2.75) is 0 Å². The van der Waals surface area contributed by atoms with E-state index >= 15 is 0 Å². The Labute approximate surface area is 56.7 Å². The first-order chi connectivity index (χ1) is 2.73. The van der Waals surface area contributed by atoms with Crippen LogP contribution in [0.3, 0.4) is 0 Å². The minimum atomic E-state index is -1.75. The maximum Gasteiger partial charge on any atom is 3.00 e. The number of hydrogen-bond donors (Lipinski definition) is 1. The van der Waals surface area contributed by atoms with Gasteiger partial charge >= 0.3 is 16.5 Å². The standard InChI is InChI=1S/CH4N.NO3.H2N.Ni/c1-2;2-1(3)4;;/h1-2H2;;1H2;/q3*-1;+3. The maximum atomic E-state index is 8.25. The van der Waals surface area contributed by atoms with Crippen molar-refractivity contribution in [3.05, 3.63) is 28.5 Å². The molecule has 0 atom stereocenters. The summed E-state index contributed by atoms with van der Waals surface area (Å²) in [6, 6.07) is 0. The van der Waals surface area contributed by atoms with Gasteiger partial charge in [0.1, 0.15) is 0 Å². The van der Waals surface area contributed by atoms with Gasteiger partial charge < -0.3 is 27.2 Å². The molecule has 0 aromatic rings. The van der Waals surface area contributed by atoms with Gasteiger partial charge in [-0.05, 0) is 0 Å². The van der Waals surface area contributed by atoms with E-state index in [1.165, 1.54) is 0 Å². The molecule has 0 bridgehead atoms. The minimum absolute atomic E-state index is 0. The molecule has 1 radical (unpaired) electrons. The fourth-order valence-corrected chi connectivity index (χ4v) is 0. The second-order valence-corrected chi connectivity index (χ2v) is 0.224. The molecule has 0 amide bonds. The van der Waals surface area contributed by atoms with Crippen LogP contribution in [-0.4, -0.2) is 5.09 Å². The van der Waals surface area contributed by atoms with Gasteiger partial charge in [0.15, 0.2) is 0 Å². The van der Waals surface area contributed by atoms with Gasteiger partial charge in [-0.25, -0.2) is 0 Å². The van der Waals surface area contributed by atoms with Crippen LogP contribution in [0.1, 0.15) is 0 Å². The first-order valence-electron chi connectivity index (χ1n) is 0.956. The molecule has 0 heterocycles. The van der Waals surface area contributed by atoms with Crippen LogP contribution in [0.4, 0.5) is 0 Å². The Balaban J connectivity index is -0.0000000183. The maximum absolute atomic E-state index is 8.25. The molecular weight excluding hydrogens is 161 g/mol. The van der Waals surface area contributed by atoms with Crippen molar-refractivity contribution in [1.29, 1.82) is 0 Å². The molecule has 0 saturated carbocycles. The summed E-state index contributed by atoms with van der Waals surface area (Å²) in [5, 5.41) is 14.8. The third kappa shape index (κ3) is 800. The van der Waals surface area contributed by atoms with Crippen LogP contribution in [0.15, 0.2) is 0 Å². The average Bonchev–Trinajstić information content (AvgIpc) is 1.41. The smallest absolute Gasteiger partial charge is 0.693 e. The quantitative estimate of drug-likeness (QED) is 0.239. The zero-order valence-corrected chi connectivity index (χ0v) is 4.84. The van der Waals surface area contributed by atoms with Crippen molar-refractivity contribution >= 4 is 0 Å². The first kappa shape index (κ1) is 25.5. The Morgan fingerprint density at radius 1 is 1.38 bits per heavy atom. The molecule has 8 heavy (non-hydrogen) atoms. The van der Waals surface area contributed by atoms with Crippen molar-refractivity contribution in [2.24, 2.45) is 5.73 Å². The second-order valence-electron chi connectivity index (χ2n) is 0.224. The SMILES string of the molecule is O=[N+]([O-])[O-].[CH2-]N.[NH2-].[Ni+3]. The van der Waals surface area contributed by atoms with Gasteiger partial charge in [-0.3, -0.25) is 7.05 Å². The van der Waals surface area contributed by atoms with Crippen LogP contribution in [-0.2, 0) is 16.5 Å². The van der Waals surface area contributed by atoms with E-state index in [1.807, 2.05) is 0 Å². The molecule has 0 saturated heterocycles. The van der Waals surface area contributed by atoms with Gasteiger partial charge in [-0.15, -0.1) is 0 Å². The Kier molecular flexibility index (Phi) is 97.3. The van der Waals surface area contributed by atoms with Crippen molar-refractivity contribution < 1.29 is 21.6 Å². The zero-order valence-electron chi connectivity index (χ0n) is 3.85. The summed E-state index contributed by atoms with van der Waals surface area (Å²) in [5.41, 5.74) is 4.25. The Bertz CT molecular complexity index is 37.5. The molecule has 4 N–H and O–H groups in total. The third-order valence-electron chi connectivity index (χ3n) is 0. The average molecular weight is 167 g/mol. The molecule has 6 nitrogen and oxygen atoms in total. The monoisotopic (exact) mass is 166 g/mol. The van der Waals surface area contributed by atoms with E-state index < -0.39 is 5.09 Å². The Morgan fingerprint density at radius 3 is 1.38 bits per heavy atom. The van der Waals surface area contributed by atoms with E-state index in [4.69, 9.17) is 15.3 Å². The summed E-state index contributed by atoms with van der Waals surface area (Å²) in [7, 11) is 2.75. The molecule has 0 aromatic heterocycles. The zero-order chi connectivity index (χ0) is 5.58. The van der Waals surface area contributed by atoms with Crippen LogP contribution < -0.4 is 5.73 Å². The van der Waals surface area contributed by atoms with E-state index in [9.17, 15) is 0 Å². The van der Waals surface area contributed by atoms with Gasteiger partial charge in [0.2, 0.25) is 0 Å². The van der Waals surface area contributed by atoms with Crippen molar-refractivity contribution in [3.8, 4) is 0 Å². The van der Waals surface area contributed by atoms with Gasteiger partial charge in [0.05, 0.1) is 5.09 Å². The second kappa shape index (κ2) is 30.5. The van der Waals surface area contributed by atoms with E-state index in [1.54, 1.807) is 0 Å². The Hall–Kier alpha value is -0.386. The van der Waals surface area contributed by atoms with E-state index in [0.29, 0.717) is 0 Å². The van der Waals surface area contributed by atoms with Gasteiger partial charge in [-0.2, -0.15) is 0 Å². The molecule has 0 spiro atoms. The van der Waals surface area contributed by atoms with Crippen LogP contribution >= 0.6 is 0 Å². The Morgan fingerprint density at radius 2 is 1.38 bits per heavy atom. The largest absolute Gasteiger partial charge is 3.00 e.